The quantitative estimate of drug-likeness (QED) is 0.792. The zero-order chi connectivity index (χ0) is 18.6. The summed E-state index contributed by atoms with van der Waals surface area (Å²) in [5, 5.41) is 1.65. The summed E-state index contributed by atoms with van der Waals surface area (Å²) in [5.74, 6) is 0.530. The van der Waals surface area contributed by atoms with Gasteiger partial charge in [0, 0.05) is 13.2 Å². The molecule has 0 saturated carbocycles. The topological polar surface area (TPSA) is 94.8 Å². The Morgan fingerprint density at radius 3 is 2.65 bits per heavy atom. The van der Waals surface area contributed by atoms with Gasteiger partial charge in [-0.2, -0.15) is 0 Å². The molecular weight excluding hydrogens is 358 g/mol. The van der Waals surface area contributed by atoms with Crippen LogP contribution in [0.4, 0.5) is 0 Å². The zero-order valence-corrected chi connectivity index (χ0v) is 15.2. The minimum atomic E-state index is -3.77. The molecule has 0 spiro atoms. The lowest BCUT2D eigenvalue weighted by Crippen LogP contribution is -2.38. The van der Waals surface area contributed by atoms with Crippen LogP contribution in [0.1, 0.15) is 23.9 Å². The van der Waals surface area contributed by atoms with E-state index in [1.807, 2.05) is 0 Å². The van der Waals surface area contributed by atoms with Crippen LogP contribution in [0.2, 0.25) is 0 Å². The second-order valence-electron chi connectivity index (χ2n) is 5.97. The summed E-state index contributed by atoms with van der Waals surface area (Å²) in [6, 6.07) is 9.32. The fourth-order valence-corrected chi connectivity index (χ4v) is 4.45. The Bertz CT molecular complexity index is 823. The maximum Gasteiger partial charge on any atom is 0.249 e. The molecule has 26 heavy (non-hydrogen) atoms. The van der Waals surface area contributed by atoms with E-state index in [0.717, 1.165) is 6.42 Å². The van der Waals surface area contributed by atoms with Crippen LogP contribution in [0.15, 0.2) is 52.0 Å². The van der Waals surface area contributed by atoms with Gasteiger partial charge in [0.25, 0.3) is 0 Å². The molecule has 7 nitrogen and oxygen atoms in total. The maximum absolute atomic E-state index is 13.1. The number of carbonyl (C=O) groups is 1. The summed E-state index contributed by atoms with van der Waals surface area (Å²) >= 11 is 0. The third-order valence-corrected chi connectivity index (χ3v) is 6.38. The van der Waals surface area contributed by atoms with Gasteiger partial charge in [-0.3, -0.25) is 4.79 Å². The zero-order valence-electron chi connectivity index (χ0n) is 14.4. The van der Waals surface area contributed by atoms with Crippen LogP contribution in [0, 0.1) is 0 Å². The van der Waals surface area contributed by atoms with Crippen molar-refractivity contribution in [1.82, 2.24) is 5.32 Å². The molecule has 1 amide bonds. The van der Waals surface area contributed by atoms with Crippen LogP contribution in [0.5, 0.6) is 5.75 Å². The molecule has 2 heterocycles. The number of sulfone groups is 1. The first-order valence-electron chi connectivity index (χ1n) is 8.33. The van der Waals surface area contributed by atoms with Gasteiger partial charge in [-0.05, 0) is 49.2 Å². The van der Waals surface area contributed by atoms with E-state index in [9.17, 15) is 13.2 Å². The molecule has 1 aromatic heterocycles. The van der Waals surface area contributed by atoms with Crippen molar-refractivity contribution in [3.05, 3.63) is 48.4 Å². The number of nitrogens with one attached hydrogen (secondary N) is 1. The Morgan fingerprint density at radius 1 is 1.31 bits per heavy atom. The van der Waals surface area contributed by atoms with Gasteiger partial charge in [0.1, 0.15) is 22.9 Å². The minimum absolute atomic E-state index is 0.0967. The Kier molecular flexibility index (Phi) is 5.63. The lowest BCUT2D eigenvalue weighted by molar-refractivity contribution is -0.130. The van der Waals surface area contributed by atoms with E-state index in [1.54, 1.807) is 24.3 Å². The van der Waals surface area contributed by atoms with Crippen LogP contribution in [0.3, 0.4) is 0 Å². The SMILES string of the molecule is COc1ccc(S(=O)(=O)C(CNC(=O)C2CCCO2)c2ccco2)cc1. The van der Waals surface area contributed by atoms with Gasteiger partial charge in [-0.1, -0.05) is 0 Å². The molecular formula is C18H21NO6S. The molecule has 2 aromatic rings. The molecule has 3 rings (SSSR count). The van der Waals surface area contributed by atoms with Gasteiger partial charge in [0.2, 0.25) is 5.91 Å². The van der Waals surface area contributed by atoms with E-state index in [2.05, 4.69) is 5.32 Å². The van der Waals surface area contributed by atoms with Gasteiger partial charge in [0.05, 0.1) is 18.3 Å². The Hall–Kier alpha value is -2.32. The number of amides is 1. The van der Waals surface area contributed by atoms with Crippen LogP contribution in [-0.4, -0.2) is 40.7 Å². The highest BCUT2D eigenvalue weighted by molar-refractivity contribution is 7.91. The number of benzene rings is 1. The van der Waals surface area contributed by atoms with Gasteiger partial charge >= 0.3 is 0 Å². The Balaban J connectivity index is 1.81. The smallest absolute Gasteiger partial charge is 0.249 e. The number of ether oxygens (including phenoxy) is 2. The molecule has 1 saturated heterocycles. The van der Waals surface area contributed by atoms with Crippen molar-refractivity contribution in [2.45, 2.75) is 29.1 Å². The summed E-state index contributed by atoms with van der Waals surface area (Å²) in [4.78, 5) is 12.3. The maximum atomic E-state index is 13.1. The van der Waals surface area contributed by atoms with E-state index >= 15 is 0 Å². The number of hydrogen-bond acceptors (Lipinski definition) is 6. The molecule has 1 fully saturated rings. The van der Waals surface area contributed by atoms with Crippen LogP contribution in [0.25, 0.3) is 0 Å². The van der Waals surface area contributed by atoms with Gasteiger partial charge in [0.15, 0.2) is 9.84 Å². The van der Waals surface area contributed by atoms with Crippen molar-refractivity contribution in [1.29, 1.82) is 0 Å². The summed E-state index contributed by atoms with van der Waals surface area (Å²) < 4.78 is 41.9. The van der Waals surface area contributed by atoms with E-state index in [0.29, 0.717) is 18.8 Å². The predicted molar refractivity (Wildman–Crippen MR) is 93.6 cm³/mol. The number of carbonyl (C=O) groups excluding carboxylic acids is 1. The van der Waals surface area contributed by atoms with Crippen LogP contribution >= 0.6 is 0 Å². The van der Waals surface area contributed by atoms with Crippen LogP contribution in [-0.2, 0) is 19.4 Å². The highest BCUT2D eigenvalue weighted by Crippen LogP contribution is 2.30. The number of rotatable bonds is 7. The number of hydrogen-bond donors (Lipinski definition) is 1. The molecule has 1 aromatic carbocycles. The minimum Gasteiger partial charge on any atom is -0.497 e. The fraction of sp³-hybridized carbons (Fsp3) is 0.389. The second kappa shape index (κ2) is 7.92. The van der Waals surface area contributed by atoms with Crippen LogP contribution < -0.4 is 10.1 Å². The van der Waals surface area contributed by atoms with Crippen molar-refractivity contribution in [2.75, 3.05) is 20.3 Å². The molecule has 1 aliphatic rings. The summed E-state index contributed by atoms with van der Waals surface area (Å²) in [6.07, 6.45) is 2.36. The highest BCUT2D eigenvalue weighted by Gasteiger charge is 2.33. The van der Waals surface area contributed by atoms with E-state index in [1.165, 1.54) is 25.5 Å². The highest BCUT2D eigenvalue weighted by atomic mass is 32.2. The first-order chi connectivity index (χ1) is 12.5. The number of methoxy groups -OCH3 is 1. The predicted octanol–water partition coefficient (Wildman–Crippen LogP) is 2.10. The van der Waals surface area contributed by atoms with Gasteiger partial charge in [-0.25, -0.2) is 8.42 Å². The van der Waals surface area contributed by atoms with Crippen molar-refractivity contribution >= 4 is 15.7 Å². The molecule has 140 valence electrons. The molecule has 0 aliphatic carbocycles. The van der Waals surface area contributed by atoms with Crippen molar-refractivity contribution < 1.29 is 27.1 Å². The third-order valence-electron chi connectivity index (χ3n) is 4.31. The monoisotopic (exact) mass is 379 g/mol. The molecule has 0 radical (unpaired) electrons. The molecule has 2 atom stereocenters. The number of furan rings is 1. The Labute approximate surface area is 152 Å². The molecule has 8 heteroatoms. The van der Waals surface area contributed by atoms with E-state index in [-0.39, 0.29) is 23.1 Å². The van der Waals surface area contributed by atoms with Gasteiger partial charge < -0.3 is 19.2 Å². The molecule has 0 bridgehead atoms. The lowest BCUT2D eigenvalue weighted by atomic mass is 10.2. The van der Waals surface area contributed by atoms with Crippen molar-refractivity contribution in [2.24, 2.45) is 0 Å². The standard InChI is InChI=1S/C18H21NO6S/c1-23-13-6-8-14(9-7-13)26(21,22)17(15-4-2-10-24-15)12-19-18(20)16-5-3-11-25-16/h2,4,6-10,16-17H,3,5,11-12H2,1H3,(H,19,20). The summed E-state index contributed by atoms with van der Waals surface area (Å²) in [6.45, 7) is 0.449. The summed E-state index contributed by atoms with van der Waals surface area (Å²) in [5.41, 5.74) is 0. The average molecular weight is 379 g/mol. The average Bonchev–Trinajstić information content (AvgIpc) is 3.35. The van der Waals surface area contributed by atoms with Gasteiger partial charge in [-0.15, -0.1) is 0 Å². The molecule has 1 aliphatic heterocycles. The third kappa shape index (κ3) is 3.91. The van der Waals surface area contributed by atoms with Crippen molar-refractivity contribution in [3.8, 4) is 5.75 Å². The van der Waals surface area contributed by atoms with E-state index in [4.69, 9.17) is 13.9 Å². The van der Waals surface area contributed by atoms with E-state index < -0.39 is 21.2 Å². The fourth-order valence-electron chi connectivity index (χ4n) is 2.86. The first-order valence-corrected chi connectivity index (χ1v) is 9.87. The first kappa shape index (κ1) is 18.5. The van der Waals surface area contributed by atoms with Crippen molar-refractivity contribution in [3.63, 3.8) is 0 Å². The second-order valence-corrected chi connectivity index (χ2v) is 8.10. The largest absolute Gasteiger partial charge is 0.497 e. The normalized spacial score (nSPS) is 18.4. The molecule has 2 unspecified atom stereocenters. The lowest BCUT2D eigenvalue weighted by Gasteiger charge is -2.18. The Morgan fingerprint density at radius 2 is 2.08 bits per heavy atom. The summed E-state index contributed by atoms with van der Waals surface area (Å²) in [7, 11) is -2.26. The molecule has 1 N–H and O–H groups in total.